The van der Waals surface area contributed by atoms with Gasteiger partial charge in [-0.3, -0.25) is 9.59 Å². The quantitative estimate of drug-likeness (QED) is 0.370. The zero-order valence-corrected chi connectivity index (χ0v) is 10.7. The first-order valence-electron chi connectivity index (χ1n) is 5.43. The van der Waals surface area contributed by atoms with Crippen molar-refractivity contribution in [2.24, 2.45) is 0 Å². The van der Waals surface area contributed by atoms with Gasteiger partial charge in [0.1, 0.15) is 6.10 Å². The molecule has 0 radical (unpaired) electrons. The molecule has 0 aliphatic rings. The molecular formula is C13H11F3O4. The lowest BCUT2D eigenvalue weighted by Gasteiger charge is -2.15. The van der Waals surface area contributed by atoms with Crippen LogP contribution in [0.25, 0.3) is 0 Å². The van der Waals surface area contributed by atoms with Gasteiger partial charge >= 0.3 is 11.9 Å². The Morgan fingerprint density at radius 1 is 1.20 bits per heavy atom. The van der Waals surface area contributed by atoms with E-state index < -0.39 is 46.8 Å². The van der Waals surface area contributed by atoms with E-state index >= 15 is 0 Å². The van der Waals surface area contributed by atoms with Crippen LogP contribution < -0.4 is 4.74 Å². The number of hydrogen-bond donors (Lipinski definition) is 0. The number of carbonyl (C=O) groups excluding carboxylic acids is 2. The molecule has 20 heavy (non-hydrogen) atoms. The van der Waals surface area contributed by atoms with Crippen LogP contribution in [0.3, 0.4) is 0 Å². The van der Waals surface area contributed by atoms with Crippen LogP contribution in [0.15, 0.2) is 18.7 Å². The first-order valence-corrected chi connectivity index (χ1v) is 5.43. The molecule has 0 saturated heterocycles. The van der Waals surface area contributed by atoms with Gasteiger partial charge in [0, 0.05) is 19.4 Å². The van der Waals surface area contributed by atoms with E-state index in [0.29, 0.717) is 6.07 Å². The fourth-order valence-electron chi connectivity index (χ4n) is 1.46. The van der Waals surface area contributed by atoms with Crippen molar-refractivity contribution < 1.29 is 32.2 Å². The summed E-state index contributed by atoms with van der Waals surface area (Å²) in [5.41, 5.74) is -0.568. The second-order valence-corrected chi connectivity index (χ2v) is 3.76. The van der Waals surface area contributed by atoms with Gasteiger partial charge in [0.15, 0.2) is 11.6 Å². The summed E-state index contributed by atoms with van der Waals surface area (Å²) >= 11 is 0. The molecule has 1 rings (SSSR count). The third-order valence-electron chi connectivity index (χ3n) is 2.20. The van der Waals surface area contributed by atoms with Crippen molar-refractivity contribution in [3.63, 3.8) is 0 Å². The Bertz CT molecular complexity index is 569. The van der Waals surface area contributed by atoms with Gasteiger partial charge in [-0.15, -0.1) is 0 Å². The highest BCUT2D eigenvalue weighted by atomic mass is 19.2. The molecule has 1 unspecified atom stereocenters. The van der Waals surface area contributed by atoms with E-state index in [9.17, 15) is 22.8 Å². The predicted molar refractivity (Wildman–Crippen MR) is 62.3 cm³/mol. The molecule has 0 N–H and O–H groups in total. The molecule has 0 heterocycles. The van der Waals surface area contributed by atoms with Crippen molar-refractivity contribution in [2.45, 2.75) is 20.0 Å². The number of hydrogen-bond acceptors (Lipinski definition) is 4. The van der Waals surface area contributed by atoms with Crippen LogP contribution in [0.2, 0.25) is 0 Å². The Hall–Kier alpha value is -2.31. The molecule has 7 heteroatoms. The van der Waals surface area contributed by atoms with E-state index in [0.717, 1.165) is 19.9 Å². The van der Waals surface area contributed by atoms with Crippen LogP contribution in [-0.4, -0.2) is 11.9 Å². The van der Waals surface area contributed by atoms with Crippen LogP contribution in [0.5, 0.6) is 5.75 Å². The standard InChI is InChI=1S/C13H11F3O4/c1-4-10(19-6(2)17)8-5-9(14)13(20-7(3)18)12(16)11(8)15/h4-5,10H,1H2,2-3H3. The fraction of sp³-hybridized carbons (Fsp3) is 0.231. The molecule has 0 bridgehead atoms. The Labute approximate surface area is 112 Å². The van der Waals surface area contributed by atoms with Crippen molar-refractivity contribution in [2.75, 3.05) is 0 Å². The van der Waals surface area contributed by atoms with Crippen molar-refractivity contribution in [3.05, 3.63) is 41.7 Å². The SMILES string of the molecule is C=CC(OC(C)=O)c1cc(F)c(OC(C)=O)c(F)c1F. The molecule has 4 nitrogen and oxygen atoms in total. The number of rotatable bonds is 4. The third-order valence-corrected chi connectivity index (χ3v) is 2.20. The van der Waals surface area contributed by atoms with Gasteiger partial charge in [-0.25, -0.2) is 8.78 Å². The van der Waals surface area contributed by atoms with Crippen LogP contribution in [0.4, 0.5) is 13.2 Å². The van der Waals surface area contributed by atoms with Crippen LogP contribution in [0.1, 0.15) is 25.5 Å². The minimum absolute atomic E-state index is 0.568. The molecule has 0 aliphatic carbocycles. The van der Waals surface area contributed by atoms with Crippen molar-refractivity contribution in [1.29, 1.82) is 0 Å². The normalized spacial score (nSPS) is 11.7. The molecule has 0 aromatic heterocycles. The Balaban J connectivity index is 3.33. The average molecular weight is 288 g/mol. The Kier molecular flexibility index (Phi) is 4.90. The molecule has 1 atom stereocenters. The molecular weight excluding hydrogens is 277 g/mol. The summed E-state index contributed by atoms with van der Waals surface area (Å²) in [4.78, 5) is 21.5. The molecule has 0 aliphatic heterocycles. The molecule has 108 valence electrons. The van der Waals surface area contributed by atoms with Gasteiger partial charge in [0.05, 0.1) is 0 Å². The highest BCUT2D eigenvalue weighted by molar-refractivity contribution is 5.69. The molecule has 0 fully saturated rings. The summed E-state index contributed by atoms with van der Waals surface area (Å²) in [7, 11) is 0. The molecule has 0 spiro atoms. The number of esters is 2. The lowest BCUT2D eigenvalue weighted by Crippen LogP contribution is -2.12. The topological polar surface area (TPSA) is 52.6 Å². The van der Waals surface area contributed by atoms with Gasteiger partial charge in [-0.05, 0) is 12.1 Å². The van der Waals surface area contributed by atoms with E-state index in [1.165, 1.54) is 0 Å². The van der Waals surface area contributed by atoms with Crippen LogP contribution in [-0.2, 0) is 14.3 Å². The summed E-state index contributed by atoms with van der Waals surface area (Å²) in [6.07, 6.45) is -0.354. The van der Waals surface area contributed by atoms with Crippen molar-refractivity contribution >= 4 is 11.9 Å². The maximum absolute atomic E-state index is 13.8. The summed E-state index contributed by atoms with van der Waals surface area (Å²) in [6.45, 7) is 5.25. The molecule has 1 aromatic rings. The smallest absolute Gasteiger partial charge is 0.308 e. The number of benzene rings is 1. The summed E-state index contributed by atoms with van der Waals surface area (Å²) < 4.78 is 50.0. The van der Waals surface area contributed by atoms with E-state index in [4.69, 9.17) is 0 Å². The Morgan fingerprint density at radius 2 is 1.80 bits per heavy atom. The van der Waals surface area contributed by atoms with Gasteiger partial charge in [0.25, 0.3) is 0 Å². The zero-order chi connectivity index (χ0) is 15.4. The lowest BCUT2D eigenvalue weighted by molar-refractivity contribution is -0.144. The monoisotopic (exact) mass is 288 g/mol. The summed E-state index contributed by atoms with van der Waals surface area (Å²) in [5.74, 6) is -7.41. The average Bonchev–Trinajstić information content (AvgIpc) is 2.36. The van der Waals surface area contributed by atoms with Crippen LogP contribution in [0, 0.1) is 17.5 Å². The van der Waals surface area contributed by atoms with Gasteiger partial charge in [-0.2, -0.15) is 4.39 Å². The first-order chi connectivity index (χ1) is 9.27. The van der Waals surface area contributed by atoms with Crippen molar-refractivity contribution in [3.8, 4) is 5.75 Å². The minimum atomic E-state index is -1.69. The van der Waals surface area contributed by atoms with Crippen LogP contribution >= 0.6 is 0 Å². The van der Waals surface area contributed by atoms with Crippen molar-refractivity contribution in [1.82, 2.24) is 0 Å². The third kappa shape index (κ3) is 3.37. The first kappa shape index (κ1) is 15.7. The maximum Gasteiger partial charge on any atom is 0.308 e. The minimum Gasteiger partial charge on any atom is -0.453 e. The maximum atomic E-state index is 13.8. The summed E-state index contributed by atoms with van der Waals surface area (Å²) in [6, 6.07) is 0.575. The van der Waals surface area contributed by atoms with E-state index in [-0.39, 0.29) is 0 Å². The Morgan fingerprint density at radius 3 is 2.25 bits per heavy atom. The number of ether oxygens (including phenoxy) is 2. The van der Waals surface area contributed by atoms with E-state index in [1.807, 2.05) is 0 Å². The molecule has 0 amide bonds. The largest absolute Gasteiger partial charge is 0.453 e. The van der Waals surface area contributed by atoms with Gasteiger partial charge in [0.2, 0.25) is 11.6 Å². The molecule has 0 saturated carbocycles. The van der Waals surface area contributed by atoms with E-state index in [1.54, 1.807) is 0 Å². The highest BCUT2D eigenvalue weighted by Gasteiger charge is 2.26. The molecule has 1 aromatic carbocycles. The second-order valence-electron chi connectivity index (χ2n) is 3.76. The lowest BCUT2D eigenvalue weighted by atomic mass is 10.1. The summed E-state index contributed by atoms with van der Waals surface area (Å²) in [5, 5.41) is 0. The second kappa shape index (κ2) is 6.23. The van der Waals surface area contributed by atoms with Gasteiger partial charge in [-0.1, -0.05) is 6.58 Å². The van der Waals surface area contributed by atoms with E-state index in [2.05, 4.69) is 16.1 Å². The zero-order valence-electron chi connectivity index (χ0n) is 10.7. The number of halogens is 3. The van der Waals surface area contributed by atoms with Gasteiger partial charge < -0.3 is 9.47 Å². The predicted octanol–water partition coefficient (Wildman–Crippen LogP) is 2.82. The number of carbonyl (C=O) groups is 2. The fourth-order valence-corrected chi connectivity index (χ4v) is 1.46. The highest BCUT2D eigenvalue weighted by Crippen LogP contribution is 2.31.